The van der Waals surface area contributed by atoms with Crippen LogP contribution < -0.4 is 10.6 Å². The second kappa shape index (κ2) is 5.97. The Balaban J connectivity index is 2.12. The van der Waals surface area contributed by atoms with Gasteiger partial charge >= 0.3 is 0 Å². The zero-order chi connectivity index (χ0) is 13.8. The van der Waals surface area contributed by atoms with Crippen molar-refractivity contribution < 1.29 is 4.79 Å². The van der Waals surface area contributed by atoms with E-state index in [1.54, 1.807) is 13.1 Å². The summed E-state index contributed by atoms with van der Waals surface area (Å²) in [6.07, 6.45) is 2.66. The predicted molar refractivity (Wildman–Crippen MR) is 79.2 cm³/mol. The Morgan fingerprint density at radius 2 is 2.16 bits per heavy atom. The number of hydrogen-bond acceptors (Lipinski definition) is 4. The first-order valence-electron chi connectivity index (χ1n) is 6.34. The van der Waals surface area contributed by atoms with Gasteiger partial charge in [0.25, 0.3) is 0 Å². The van der Waals surface area contributed by atoms with Gasteiger partial charge in [-0.25, -0.2) is 4.98 Å². The second-order valence-corrected chi connectivity index (χ2v) is 5.05. The number of aromatic nitrogens is 1. The van der Waals surface area contributed by atoms with Gasteiger partial charge in [0.2, 0.25) is 5.91 Å². The summed E-state index contributed by atoms with van der Waals surface area (Å²) in [4.78, 5) is 20.2. The van der Waals surface area contributed by atoms with Crippen molar-refractivity contribution in [3.05, 3.63) is 23.9 Å². The average molecular weight is 278 g/mol. The maximum absolute atomic E-state index is 11.4. The molecule has 1 saturated heterocycles. The van der Waals surface area contributed by atoms with E-state index in [1.165, 1.54) is 0 Å². The highest BCUT2D eigenvalue weighted by molar-refractivity contribution is 7.80. The van der Waals surface area contributed by atoms with Crippen LogP contribution in [-0.4, -0.2) is 47.0 Å². The van der Waals surface area contributed by atoms with Gasteiger partial charge in [-0.1, -0.05) is 12.2 Å². The zero-order valence-electron chi connectivity index (χ0n) is 11.0. The van der Waals surface area contributed by atoms with E-state index in [1.807, 2.05) is 17.0 Å². The van der Waals surface area contributed by atoms with Crippen LogP contribution in [0.5, 0.6) is 0 Å². The van der Waals surface area contributed by atoms with E-state index in [4.69, 9.17) is 18.0 Å². The Morgan fingerprint density at radius 3 is 2.84 bits per heavy atom. The van der Waals surface area contributed by atoms with Gasteiger partial charge in [0.05, 0.1) is 0 Å². The Hall–Kier alpha value is -1.69. The highest BCUT2D eigenvalue weighted by Crippen LogP contribution is 2.15. The summed E-state index contributed by atoms with van der Waals surface area (Å²) in [5, 5.41) is 0. The molecule has 0 saturated carbocycles. The van der Waals surface area contributed by atoms with Crippen molar-refractivity contribution in [1.29, 1.82) is 0 Å². The first-order valence-corrected chi connectivity index (χ1v) is 6.75. The number of anilines is 1. The fourth-order valence-electron chi connectivity index (χ4n) is 2.21. The van der Waals surface area contributed by atoms with Crippen LogP contribution in [0.4, 0.5) is 5.82 Å². The van der Waals surface area contributed by atoms with Gasteiger partial charge in [-0.3, -0.25) is 4.79 Å². The number of carbonyl (C=O) groups is 1. The van der Waals surface area contributed by atoms with Crippen LogP contribution in [0.25, 0.3) is 0 Å². The van der Waals surface area contributed by atoms with Crippen molar-refractivity contribution in [2.75, 3.05) is 31.1 Å². The van der Waals surface area contributed by atoms with E-state index in [0.29, 0.717) is 4.99 Å². The monoisotopic (exact) mass is 278 g/mol. The van der Waals surface area contributed by atoms with Crippen molar-refractivity contribution >= 4 is 28.9 Å². The number of pyridine rings is 1. The smallest absolute Gasteiger partial charge is 0.219 e. The van der Waals surface area contributed by atoms with Gasteiger partial charge in [0.15, 0.2) is 0 Å². The molecule has 5 nitrogen and oxygen atoms in total. The van der Waals surface area contributed by atoms with E-state index in [2.05, 4.69) is 9.88 Å². The highest BCUT2D eigenvalue weighted by Gasteiger charge is 2.17. The summed E-state index contributed by atoms with van der Waals surface area (Å²) in [6.45, 7) is 4.82. The Morgan fingerprint density at radius 1 is 1.37 bits per heavy atom. The molecule has 1 amide bonds. The Bertz CT molecular complexity index is 491. The Labute approximate surface area is 118 Å². The lowest BCUT2D eigenvalue weighted by atomic mass is 10.2. The standard InChI is InChI=1S/C13H18N4OS/c1-10(18)16-5-2-6-17(8-7-16)12-9-11(13(14)19)3-4-15-12/h3-4,9H,2,5-8H2,1H3,(H2,14,19). The first kappa shape index (κ1) is 13.7. The largest absolute Gasteiger partial charge is 0.389 e. The molecular weight excluding hydrogens is 260 g/mol. The quantitative estimate of drug-likeness (QED) is 0.810. The van der Waals surface area contributed by atoms with Crippen molar-refractivity contribution in [2.45, 2.75) is 13.3 Å². The molecule has 0 spiro atoms. The van der Waals surface area contributed by atoms with Gasteiger partial charge in [-0.15, -0.1) is 0 Å². The number of carbonyl (C=O) groups excluding carboxylic acids is 1. The van der Waals surface area contributed by atoms with Crippen LogP contribution in [0.1, 0.15) is 18.9 Å². The molecule has 0 radical (unpaired) electrons. The molecule has 1 aliphatic heterocycles. The minimum Gasteiger partial charge on any atom is -0.389 e. The Kier molecular flexibility index (Phi) is 4.31. The van der Waals surface area contributed by atoms with Crippen molar-refractivity contribution in [3.63, 3.8) is 0 Å². The SMILES string of the molecule is CC(=O)N1CCCN(c2cc(C(N)=S)ccn2)CC1. The molecule has 19 heavy (non-hydrogen) atoms. The van der Waals surface area contributed by atoms with Crippen molar-refractivity contribution in [3.8, 4) is 0 Å². The molecule has 0 aliphatic carbocycles. The lowest BCUT2D eigenvalue weighted by Gasteiger charge is -2.22. The molecule has 1 aliphatic rings. The summed E-state index contributed by atoms with van der Waals surface area (Å²) in [7, 11) is 0. The first-order chi connectivity index (χ1) is 9.08. The van der Waals surface area contributed by atoms with Crippen LogP contribution >= 0.6 is 12.2 Å². The lowest BCUT2D eigenvalue weighted by Crippen LogP contribution is -2.33. The summed E-state index contributed by atoms with van der Waals surface area (Å²) < 4.78 is 0. The van der Waals surface area contributed by atoms with Gasteiger partial charge in [0, 0.05) is 44.9 Å². The van der Waals surface area contributed by atoms with Gasteiger partial charge in [-0.2, -0.15) is 0 Å². The minimum absolute atomic E-state index is 0.131. The van der Waals surface area contributed by atoms with Crippen LogP contribution in [0, 0.1) is 0 Å². The normalized spacial score (nSPS) is 16.1. The lowest BCUT2D eigenvalue weighted by molar-refractivity contribution is -0.128. The van der Waals surface area contributed by atoms with E-state index >= 15 is 0 Å². The molecular formula is C13H18N4OS. The third-order valence-corrected chi connectivity index (χ3v) is 3.53. The number of hydrogen-bond donors (Lipinski definition) is 1. The number of nitrogens with two attached hydrogens (primary N) is 1. The molecule has 102 valence electrons. The average Bonchev–Trinajstić information content (AvgIpc) is 2.64. The number of nitrogens with zero attached hydrogens (tertiary/aromatic N) is 3. The molecule has 0 aromatic carbocycles. The molecule has 2 heterocycles. The van der Waals surface area contributed by atoms with Crippen LogP contribution in [0.3, 0.4) is 0 Å². The third kappa shape index (κ3) is 3.41. The number of rotatable bonds is 2. The topological polar surface area (TPSA) is 62.5 Å². The molecule has 1 aromatic rings. The molecule has 6 heteroatoms. The number of amides is 1. The molecule has 0 unspecified atom stereocenters. The van der Waals surface area contributed by atoms with E-state index in [-0.39, 0.29) is 5.91 Å². The molecule has 0 atom stereocenters. The summed E-state index contributed by atoms with van der Waals surface area (Å²) in [5.74, 6) is 1.00. The van der Waals surface area contributed by atoms with E-state index in [9.17, 15) is 4.79 Å². The van der Waals surface area contributed by atoms with E-state index < -0.39 is 0 Å². The maximum atomic E-state index is 11.4. The maximum Gasteiger partial charge on any atom is 0.219 e. The van der Waals surface area contributed by atoms with Crippen LogP contribution in [0.15, 0.2) is 18.3 Å². The molecule has 1 aromatic heterocycles. The van der Waals surface area contributed by atoms with Crippen LogP contribution in [-0.2, 0) is 4.79 Å². The van der Waals surface area contributed by atoms with Gasteiger partial charge in [-0.05, 0) is 18.6 Å². The van der Waals surface area contributed by atoms with Crippen molar-refractivity contribution in [2.24, 2.45) is 5.73 Å². The van der Waals surface area contributed by atoms with E-state index in [0.717, 1.165) is 44.0 Å². The third-order valence-electron chi connectivity index (χ3n) is 3.30. The zero-order valence-corrected chi connectivity index (χ0v) is 11.8. The fourth-order valence-corrected chi connectivity index (χ4v) is 2.33. The van der Waals surface area contributed by atoms with Gasteiger partial charge in [0.1, 0.15) is 10.8 Å². The molecule has 1 fully saturated rings. The fraction of sp³-hybridized carbons (Fsp3) is 0.462. The van der Waals surface area contributed by atoms with Gasteiger partial charge < -0.3 is 15.5 Å². The molecule has 0 bridgehead atoms. The summed E-state index contributed by atoms with van der Waals surface area (Å²) in [6, 6.07) is 3.72. The summed E-state index contributed by atoms with van der Waals surface area (Å²) >= 11 is 4.98. The second-order valence-electron chi connectivity index (χ2n) is 4.61. The molecule has 2 rings (SSSR count). The molecule has 2 N–H and O–H groups in total. The highest BCUT2D eigenvalue weighted by atomic mass is 32.1. The van der Waals surface area contributed by atoms with Crippen LogP contribution in [0.2, 0.25) is 0 Å². The minimum atomic E-state index is 0.131. The number of thiocarbonyl (C=S) groups is 1. The summed E-state index contributed by atoms with van der Waals surface area (Å²) in [5.41, 5.74) is 6.46. The van der Waals surface area contributed by atoms with Crippen molar-refractivity contribution in [1.82, 2.24) is 9.88 Å². The predicted octanol–water partition coefficient (Wildman–Crippen LogP) is 0.774.